The van der Waals surface area contributed by atoms with Crippen molar-refractivity contribution in [3.8, 4) is 0 Å². The summed E-state index contributed by atoms with van der Waals surface area (Å²) in [5.41, 5.74) is 10.3. The second kappa shape index (κ2) is 7.51. The molecule has 1 N–H and O–H groups in total. The van der Waals surface area contributed by atoms with Gasteiger partial charge in [-0.25, -0.2) is 0 Å². The highest BCUT2D eigenvalue weighted by Gasteiger charge is 1.96. The van der Waals surface area contributed by atoms with Crippen molar-refractivity contribution >= 4 is 6.08 Å². The highest BCUT2D eigenvalue weighted by atomic mass is 16.2. The van der Waals surface area contributed by atoms with Gasteiger partial charge in [-0.05, 0) is 29.5 Å². The van der Waals surface area contributed by atoms with E-state index in [1.54, 1.807) is 0 Å². The van der Waals surface area contributed by atoms with Crippen LogP contribution >= 0.6 is 0 Å². The van der Waals surface area contributed by atoms with Crippen LogP contribution in [0.15, 0.2) is 35.5 Å². The fourth-order valence-electron chi connectivity index (χ4n) is 1.43. The molecule has 1 aromatic carbocycles. The highest BCUT2D eigenvalue weighted by molar-refractivity contribution is 5.53. The van der Waals surface area contributed by atoms with E-state index in [1.807, 2.05) is 36.4 Å². The van der Waals surface area contributed by atoms with E-state index >= 15 is 0 Å². The average Bonchev–Trinajstić information content (AvgIpc) is 2.31. The molecular formula is C12H15N3O. The Morgan fingerprint density at radius 2 is 2.19 bits per heavy atom. The Morgan fingerprint density at radius 3 is 2.94 bits per heavy atom. The standard InChI is InChI=1S/C12H15N3O/c13-15-14-9-4-3-7-11-5-1-2-6-12(11)8-10-16/h1-3,5-7,16H,4,8-10H2. The molecule has 0 aliphatic rings. The lowest BCUT2D eigenvalue weighted by molar-refractivity contribution is 0.299. The van der Waals surface area contributed by atoms with E-state index in [1.165, 1.54) is 0 Å². The molecule has 16 heavy (non-hydrogen) atoms. The third-order valence-corrected chi connectivity index (χ3v) is 2.19. The Morgan fingerprint density at radius 1 is 1.38 bits per heavy atom. The second-order valence-electron chi connectivity index (χ2n) is 3.32. The maximum absolute atomic E-state index is 8.91. The number of aliphatic hydroxyl groups is 1. The maximum Gasteiger partial charge on any atom is 0.0471 e. The van der Waals surface area contributed by atoms with Crippen molar-refractivity contribution in [3.63, 3.8) is 0 Å². The fraction of sp³-hybridized carbons (Fsp3) is 0.333. The molecule has 0 saturated carbocycles. The van der Waals surface area contributed by atoms with Crippen LogP contribution in [0.2, 0.25) is 0 Å². The minimum Gasteiger partial charge on any atom is -0.396 e. The summed E-state index contributed by atoms with van der Waals surface area (Å²) in [5.74, 6) is 0. The first-order valence-corrected chi connectivity index (χ1v) is 5.24. The molecule has 1 aromatic rings. The highest BCUT2D eigenvalue weighted by Crippen LogP contribution is 2.11. The molecule has 0 unspecified atom stereocenters. The largest absolute Gasteiger partial charge is 0.396 e. The summed E-state index contributed by atoms with van der Waals surface area (Å²) in [6.45, 7) is 0.638. The normalized spacial score (nSPS) is 10.3. The molecular weight excluding hydrogens is 202 g/mol. The Balaban J connectivity index is 2.60. The van der Waals surface area contributed by atoms with Crippen LogP contribution in [-0.2, 0) is 6.42 Å². The van der Waals surface area contributed by atoms with Crippen LogP contribution in [-0.4, -0.2) is 18.3 Å². The Hall–Kier alpha value is -1.77. The zero-order valence-electron chi connectivity index (χ0n) is 9.08. The fourth-order valence-corrected chi connectivity index (χ4v) is 1.43. The Bertz CT molecular complexity index is 395. The predicted octanol–water partition coefficient (Wildman–Crippen LogP) is 2.94. The average molecular weight is 217 g/mol. The number of hydrogen-bond donors (Lipinski definition) is 1. The van der Waals surface area contributed by atoms with Gasteiger partial charge in [0.1, 0.15) is 0 Å². The molecule has 4 heteroatoms. The van der Waals surface area contributed by atoms with Gasteiger partial charge in [0, 0.05) is 18.1 Å². The molecule has 0 fully saturated rings. The minimum atomic E-state index is 0.156. The van der Waals surface area contributed by atoms with E-state index in [4.69, 9.17) is 10.6 Å². The van der Waals surface area contributed by atoms with Gasteiger partial charge in [-0.2, -0.15) is 0 Å². The molecule has 4 nitrogen and oxygen atoms in total. The van der Waals surface area contributed by atoms with E-state index in [9.17, 15) is 0 Å². The summed E-state index contributed by atoms with van der Waals surface area (Å²) >= 11 is 0. The van der Waals surface area contributed by atoms with Gasteiger partial charge < -0.3 is 5.11 Å². The molecule has 0 heterocycles. The molecule has 0 amide bonds. The second-order valence-corrected chi connectivity index (χ2v) is 3.32. The van der Waals surface area contributed by atoms with Gasteiger partial charge in [-0.15, -0.1) is 0 Å². The van der Waals surface area contributed by atoms with Crippen LogP contribution < -0.4 is 0 Å². The van der Waals surface area contributed by atoms with Crippen LogP contribution in [0.3, 0.4) is 0 Å². The number of rotatable bonds is 6. The molecule has 1 rings (SSSR count). The van der Waals surface area contributed by atoms with Crippen LogP contribution in [0.5, 0.6) is 0 Å². The molecule has 0 bridgehead atoms. The SMILES string of the molecule is [N-]=[N+]=NCCC=Cc1ccccc1CCO. The number of aliphatic hydroxyl groups excluding tert-OH is 1. The van der Waals surface area contributed by atoms with E-state index in [0.29, 0.717) is 13.0 Å². The Labute approximate surface area is 94.9 Å². The lowest BCUT2D eigenvalue weighted by Crippen LogP contribution is -1.93. The molecule has 0 saturated heterocycles. The van der Waals surface area contributed by atoms with Crippen molar-refractivity contribution in [2.75, 3.05) is 13.2 Å². The van der Waals surface area contributed by atoms with E-state index in [0.717, 1.165) is 17.5 Å². The first-order valence-electron chi connectivity index (χ1n) is 5.24. The molecule has 0 aliphatic heterocycles. The third-order valence-electron chi connectivity index (χ3n) is 2.19. The summed E-state index contributed by atoms with van der Waals surface area (Å²) in [4.78, 5) is 2.69. The summed E-state index contributed by atoms with van der Waals surface area (Å²) < 4.78 is 0. The smallest absolute Gasteiger partial charge is 0.0471 e. The quantitative estimate of drug-likeness (QED) is 0.338. The van der Waals surface area contributed by atoms with Crippen molar-refractivity contribution in [2.45, 2.75) is 12.8 Å². The van der Waals surface area contributed by atoms with Crippen molar-refractivity contribution in [1.82, 2.24) is 0 Å². The van der Waals surface area contributed by atoms with E-state index < -0.39 is 0 Å². The summed E-state index contributed by atoms with van der Waals surface area (Å²) in [7, 11) is 0. The Kier molecular flexibility index (Phi) is 5.78. The predicted molar refractivity (Wildman–Crippen MR) is 64.9 cm³/mol. The lowest BCUT2D eigenvalue weighted by Gasteiger charge is -2.03. The maximum atomic E-state index is 8.91. The van der Waals surface area contributed by atoms with Gasteiger partial charge in [0.05, 0.1) is 0 Å². The van der Waals surface area contributed by atoms with Gasteiger partial charge in [0.15, 0.2) is 0 Å². The third kappa shape index (κ3) is 4.17. The molecule has 0 spiro atoms. The van der Waals surface area contributed by atoms with Gasteiger partial charge in [-0.1, -0.05) is 41.5 Å². The van der Waals surface area contributed by atoms with Gasteiger partial charge in [0.25, 0.3) is 0 Å². The number of azide groups is 1. The minimum absolute atomic E-state index is 0.156. The van der Waals surface area contributed by atoms with Crippen molar-refractivity contribution in [2.24, 2.45) is 5.11 Å². The zero-order valence-corrected chi connectivity index (χ0v) is 9.08. The monoisotopic (exact) mass is 217 g/mol. The van der Waals surface area contributed by atoms with Crippen molar-refractivity contribution in [3.05, 3.63) is 51.9 Å². The van der Waals surface area contributed by atoms with Crippen LogP contribution in [0.1, 0.15) is 17.5 Å². The van der Waals surface area contributed by atoms with Gasteiger partial charge in [0.2, 0.25) is 0 Å². The first-order chi connectivity index (χ1) is 7.88. The number of benzene rings is 1. The van der Waals surface area contributed by atoms with Crippen LogP contribution in [0.25, 0.3) is 16.5 Å². The topological polar surface area (TPSA) is 69.0 Å². The summed E-state index contributed by atoms with van der Waals surface area (Å²) in [5, 5.41) is 12.4. The lowest BCUT2D eigenvalue weighted by atomic mass is 10.0. The zero-order chi connectivity index (χ0) is 11.6. The first kappa shape index (κ1) is 12.3. The van der Waals surface area contributed by atoms with Crippen LogP contribution in [0.4, 0.5) is 0 Å². The van der Waals surface area contributed by atoms with E-state index in [2.05, 4.69) is 10.0 Å². The molecule has 0 atom stereocenters. The molecule has 84 valence electrons. The van der Waals surface area contributed by atoms with Crippen LogP contribution in [0, 0.1) is 0 Å². The van der Waals surface area contributed by atoms with Crippen molar-refractivity contribution < 1.29 is 5.11 Å². The molecule has 0 radical (unpaired) electrons. The molecule has 0 aromatic heterocycles. The number of nitrogens with zero attached hydrogens (tertiary/aromatic N) is 3. The van der Waals surface area contributed by atoms with E-state index in [-0.39, 0.29) is 6.61 Å². The van der Waals surface area contributed by atoms with Crippen molar-refractivity contribution in [1.29, 1.82) is 0 Å². The summed E-state index contributed by atoms with van der Waals surface area (Å²) in [6.07, 6.45) is 5.37. The van der Waals surface area contributed by atoms with Gasteiger partial charge in [-0.3, -0.25) is 0 Å². The number of hydrogen-bond acceptors (Lipinski definition) is 2. The molecule has 0 aliphatic carbocycles. The van der Waals surface area contributed by atoms with Gasteiger partial charge >= 0.3 is 0 Å². The summed E-state index contributed by atoms with van der Waals surface area (Å²) in [6, 6.07) is 7.94.